The monoisotopic (exact) mass is 699 g/mol. The molecule has 1 atom stereocenters. The van der Waals surface area contributed by atoms with Crippen LogP contribution in [0, 0.1) is 0 Å². The van der Waals surface area contributed by atoms with E-state index in [9.17, 15) is 18.0 Å². The van der Waals surface area contributed by atoms with Crippen molar-refractivity contribution in [2.45, 2.75) is 35.7 Å². The van der Waals surface area contributed by atoms with Gasteiger partial charge in [-0.2, -0.15) is 0 Å². The van der Waals surface area contributed by atoms with Gasteiger partial charge in [-0.25, -0.2) is 8.42 Å². The van der Waals surface area contributed by atoms with Crippen molar-refractivity contribution in [3.8, 4) is 5.75 Å². The number of hydrogen-bond donors (Lipinski definition) is 1. The molecule has 242 valence electrons. The molecular formula is C34H35Cl2N3O5S2. The van der Waals surface area contributed by atoms with Crippen molar-refractivity contribution in [2.75, 3.05) is 30.8 Å². The second kappa shape index (κ2) is 16.2. The molecule has 46 heavy (non-hydrogen) atoms. The van der Waals surface area contributed by atoms with Gasteiger partial charge in [-0.3, -0.25) is 13.9 Å². The molecule has 1 N–H and O–H groups in total. The van der Waals surface area contributed by atoms with Crippen molar-refractivity contribution in [2.24, 2.45) is 0 Å². The zero-order valence-electron chi connectivity index (χ0n) is 25.7. The van der Waals surface area contributed by atoms with Crippen LogP contribution in [-0.4, -0.2) is 57.6 Å². The Morgan fingerprint density at radius 1 is 0.935 bits per heavy atom. The van der Waals surface area contributed by atoms with Gasteiger partial charge in [-0.05, 0) is 85.0 Å². The largest absolute Gasteiger partial charge is 0.494 e. The Balaban J connectivity index is 1.80. The lowest BCUT2D eigenvalue weighted by Crippen LogP contribution is -2.53. The second-order valence-electron chi connectivity index (χ2n) is 10.2. The maximum absolute atomic E-state index is 14.5. The van der Waals surface area contributed by atoms with Crippen LogP contribution < -0.4 is 14.4 Å². The van der Waals surface area contributed by atoms with Crippen LogP contribution in [0.4, 0.5) is 5.69 Å². The van der Waals surface area contributed by atoms with E-state index in [1.54, 1.807) is 54.6 Å². The van der Waals surface area contributed by atoms with Gasteiger partial charge in [0.2, 0.25) is 11.8 Å². The third kappa shape index (κ3) is 8.76. The van der Waals surface area contributed by atoms with E-state index in [1.807, 2.05) is 43.5 Å². The Labute approximate surface area is 284 Å². The van der Waals surface area contributed by atoms with E-state index in [4.69, 9.17) is 27.9 Å². The Morgan fingerprint density at radius 3 is 2.20 bits per heavy atom. The third-order valence-electron chi connectivity index (χ3n) is 7.24. The molecule has 0 heterocycles. The fourth-order valence-electron chi connectivity index (χ4n) is 4.83. The molecule has 4 aromatic carbocycles. The number of anilines is 1. The molecule has 4 rings (SSSR count). The normalized spacial score (nSPS) is 11.8. The summed E-state index contributed by atoms with van der Waals surface area (Å²) in [6.07, 6.45) is 2.08. The number of thioether (sulfide) groups is 1. The minimum absolute atomic E-state index is 0.0198. The fourth-order valence-corrected chi connectivity index (χ4v) is 7.12. The minimum Gasteiger partial charge on any atom is -0.494 e. The summed E-state index contributed by atoms with van der Waals surface area (Å²) in [4.78, 5) is 30.2. The summed E-state index contributed by atoms with van der Waals surface area (Å²) >= 11 is 14.2. The summed E-state index contributed by atoms with van der Waals surface area (Å²) in [5, 5.41) is 3.39. The summed E-state index contributed by atoms with van der Waals surface area (Å²) in [5.41, 5.74) is 1.63. The molecule has 4 aromatic rings. The van der Waals surface area contributed by atoms with E-state index in [0.717, 1.165) is 14.8 Å². The Bertz CT molecular complexity index is 1740. The minimum atomic E-state index is -4.24. The first-order chi connectivity index (χ1) is 22.1. The number of carbonyl (C=O) groups excluding carboxylic acids is 2. The van der Waals surface area contributed by atoms with Crippen LogP contribution in [0.3, 0.4) is 0 Å². The number of hydrogen-bond acceptors (Lipinski definition) is 6. The number of nitrogens with one attached hydrogen (secondary N) is 1. The summed E-state index contributed by atoms with van der Waals surface area (Å²) in [6, 6.07) is 26.1. The molecule has 2 amide bonds. The van der Waals surface area contributed by atoms with Crippen LogP contribution in [0.1, 0.15) is 18.1 Å². The smallest absolute Gasteiger partial charge is 0.264 e. The quantitative estimate of drug-likeness (QED) is 0.147. The van der Waals surface area contributed by atoms with Gasteiger partial charge in [0.05, 0.1) is 17.2 Å². The van der Waals surface area contributed by atoms with Crippen molar-refractivity contribution in [1.29, 1.82) is 0 Å². The number of carbonyl (C=O) groups is 2. The SMILES string of the molecule is CCOc1ccc(N(CC(=O)N(Cc2ccc(Cl)cc2Cl)[C@H](Cc2ccccc2)C(=O)NC)S(=O)(=O)c2ccc(SC)cc2)cc1. The Morgan fingerprint density at radius 2 is 1.61 bits per heavy atom. The maximum Gasteiger partial charge on any atom is 0.264 e. The van der Waals surface area contributed by atoms with Crippen molar-refractivity contribution in [3.63, 3.8) is 0 Å². The number of nitrogens with zero attached hydrogens (tertiary/aromatic N) is 2. The summed E-state index contributed by atoms with van der Waals surface area (Å²) in [6.45, 7) is 1.63. The van der Waals surface area contributed by atoms with Crippen molar-refractivity contribution in [3.05, 3.63) is 118 Å². The average Bonchev–Trinajstić information content (AvgIpc) is 3.06. The Kier molecular flexibility index (Phi) is 12.4. The van der Waals surface area contributed by atoms with Gasteiger partial charge in [-0.1, -0.05) is 59.6 Å². The number of sulfonamides is 1. The average molecular weight is 701 g/mol. The lowest BCUT2D eigenvalue weighted by atomic mass is 10.0. The highest BCUT2D eigenvalue weighted by atomic mass is 35.5. The number of rotatable bonds is 14. The van der Waals surface area contributed by atoms with Crippen molar-refractivity contribution in [1.82, 2.24) is 10.2 Å². The molecule has 0 saturated carbocycles. The van der Waals surface area contributed by atoms with Gasteiger partial charge in [0.25, 0.3) is 10.0 Å². The molecule has 0 spiro atoms. The molecule has 0 aliphatic carbocycles. The molecule has 0 bridgehead atoms. The van der Waals surface area contributed by atoms with E-state index in [1.165, 1.54) is 35.8 Å². The van der Waals surface area contributed by atoms with Crippen LogP contribution in [0.25, 0.3) is 0 Å². The highest BCUT2D eigenvalue weighted by Crippen LogP contribution is 2.29. The molecule has 0 aliphatic heterocycles. The predicted molar refractivity (Wildman–Crippen MR) is 185 cm³/mol. The van der Waals surface area contributed by atoms with Crippen LogP contribution >= 0.6 is 35.0 Å². The zero-order valence-corrected chi connectivity index (χ0v) is 28.8. The number of benzene rings is 4. The van der Waals surface area contributed by atoms with Gasteiger partial charge in [-0.15, -0.1) is 11.8 Å². The van der Waals surface area contributed by atoms with Crippen LogP contribution in [0.2, 0.25) is 10.0 Å². The molecule has 0 unspecified atom stereocenters. The van der Waals surface area contributed by atoms with Crippen molar-refractivity contribution < 1.29 is 22.7 Å². The first kappa shape index (κ1) is 35.2. The van der Waals surface area contributed by atoms with E-state index < -0.39 is 34.4 Å². The summed E-state index contributed by atoms with van der Waals surface area (Å²) < 4.78 is 35.0. The van der Waals surface area contributed by atoms with Gasteiger partial charge < -0.3 is 15.0 Å². The van der Waals surface area contributed by atoms with Crippen molar-refractivity contribution >= 4 is 62.5 Å². The zero-order chi connectivity index (χ0) is 33.3. The van der Waals surface area contributed by atoms with Gasteiger partial charge in [0.1, 0.15) is 18.3 Å². The summed E-state index contributed by atoms with van der Waals surface area (Å²) in [5.74, 6) is -0.458. The first-order valence-corrected chi connectivity index (χ1v) is 17.9. The lowest BCUT2D eigenvalue weighted by Gasteiger charge is -2.33. The third-order valence-corrected chi connectivity index (χ3v) is 10.4. The second-order valence-corrected chi connectivity index (χ2v) is 13.8. The number of amides is 2. The van der Waals surface area contributed by atoms with Crippen LogP contribution in [0.5, 0.6) is 5.75 Å². The van der Waals surface area contributed by atoms with E-state index in [0.29, 0.717) is 28.0 Å². The molecule has 12 heteroatoms. The first-order valence-electron chi connectivity index (χ1n) is 14.5. The molecule has 0 radical (unpaired) electrons. The predicted octanol–water partition coefficient (Wildman–Crippen LogP) is 6.70. The molecule has 0 aliphatic rings. The van der Waals surface area contributed by atoms with Crippen LogP contribution in [0.15, 0.2) is 107 Å². The van der Waals surface area contributed by atoms with E-state index in [2.05, 4.69) is 5.32 Å². The summed E-state index contributed by atoms with van der Waals surface area (Å²) in [7, 11) is -2.74. The topological polar surface area (TPSA) is 96.0 Å². The highest BCUT2D eigenvalue weighted by Gasteiger charge is 2.34. The molecule has 8 nitrogen and oxygen atoms in total. The molecular weight excluding hydrogens is 665 g/mol. The number of likely N-dealkylation sites (N-methyl/N-ethyl adjacent to an activating group) is 1. The van der Waals surface area contributed by atoms with E-state index >= 15 is 0 Å². The van der Waals surface area contributed by atoms with Gasteiger partial charge in [0, 0.05) is 35.0 Å². The molecule has 0 fully saturated rings. The molecule has 0 aromatic heterocycles. The van der Waals surface area contributed by atoms with Gasteiger partial charge >= 0.3 is 0 Å². The fraction of sp³-hybridized carbons (Fsp3) is 0.235. The molecule has 0 saturated heterocycles. The number of ether oxygens (including phenoxy) is 1. The highest BCUT2D eigenvalue weighted by molar-refractivity contribution is 7.98. The van der Waals surface area contributed by atoms with Gasteiger partial charge in [0.15, 0.2) is 0 Å². The standard InChI is InChI=1S/C34H35Cl2N3O5S2/c1-4-44-28-14-12-27(13-15-28)39(46(42,43)30-18-16-29(45-3)17-19-30)23-33(40)38(22-25-10-11-26(35)21-31(25)36)32(34(41)37-2)20-24-8-6-5-7-9-24/h5-19,21,32H,4,20,22-23H2,1-3H3,(H,37,41)/t32-/m1/s1. The number of halogens is 2. The Hall–Kier alpha value is -3.70. The van der Waals surface area contributed by atoms with E-state index in [-0.39, 0.29) is 23.5 Å². The lowest BCUT2D eigenvalue weighted by molar-refractivity contribution is -0.139. The maximum atomic E-state index is 14.5. The van der Waals surface area contributed by atoms with Crippen LogP contribution in [-0.2, 0) is 32.6 Å².